The fraction of sp³-hybridized carbons (Fsp3) is 0.250. The largest absolute Gasteiger partial charge is 0.349 e. The van der Waals surface area contributed by atoms with Crippen molar-refractivity contribution in [2.24, 2.45) is 0 Å². The fourth-order valence-electron chi connectivity index (χ4n) is 0.894. The molecule has 0 saturated heterocycles. The smallest absolute Gasteiger partial charge is 0.330 e. The van der Waals surface area contributed by atoms with Gasteiger partial charge in [0, 0.05) is 18.8 Å². The van der Waals surface area contributed by atoms with Gasteiger partial charge < -0.3 is 4.98 Å². The number of aromatic amines is 4. The molecular formula is C8H11N5O3. The summed E-state index contributed by atoms with van der Waals surface area (Å²) in [4.78, 5) is 42.9. The lowest BCUT2D eigenvalue weighted by Crippen LogP contribution is -2.34. The van der Waals surface area contributed by atoms with Crippen LogP contribution in [0.5, 0.6) is 0 Å². The van der Waals surface area contributed by atoms with Crippen molar-refractivity contribution in [1.82, 2.24) is 24.9 Å². The second-order valence-electron chi connectivity index (χ2n) is 2.75. The molecule has 0 unspecified atom stereocenters. The molecule has 0 aliphatic rings. The Morgan fingerprint density at radius 3 is 1.81 bits per heavy atom. The van der Waals surface area contributed by atoms with E-state index in [1.165, 1.54) is 0 Å². The number of H-pyrrole nitrogens is 4. The van der Waals surface area contributed by atoms with Crippen LogP contribution in [0.2, 0.25) is 0 Å². The molecule has 2 aromatic rings. The van der Waals surface area contributed by atoms with E-state index in [4.69, 9.17) is 0 Å². The number of hydrogen-bond donors (Lipinski definition) is 4. The molecule has 0 bridgehead atoms. The van der Waals surface area contributed by atoms with E-state index in [9.17, 15) is 14.4 Å². The van der Waals surface area contributed by atoms with E-state index in [0.717, 1.165) is 12.2 Å². The Morgan fingerprint density at radius 1 is 1.06 bits per heavy atom. The summed E-state index contributed by atoms with van der Waals surface area (Å²) < 4.78 is 0. The highest BCUT2D eigenvalue weighted by Crippen LogP contribution is 1.85. The maximum atomic E-state index is 10.2. The first kappa shape index (κ1) is 11.7. The summed E-state index contributed by atoms with van der Waals surface area (Å²) in [5.41, 5.74) is -2.41. The molecule has 0 aromatic carbocycles. The molecular weight excluding hydrogens is 214 g/mol. The van der Waals surface area contributed by atoms with E-state index in [1.54, 1.807) is 21.1 Å². The van der Waals surface area contributed by atoms with Crippen LogP contribution in [0.4, 0.5) is 0 Å². The third-order valence-electron chi connectivity index (χ3n) is 1.57. The van der Waals surface area contributed by atoms with Gasteiger partial charge in [0.15, 0.2) is 0 Å². The first-order valence-electron chi connectivity index (χ1n) is 4.53. The molecule has 86 valence electrons. The van der Waals surface area contributed by atoms with Gasteiger partial charge in [-0.1, -0.05) is 6.92 Å². The number of rotatable bonds is 1. The van der Waals surface area contributed by atoms with Crippen LogP contribution in [0.3, 0.4) is 0 Å². The summed E-state index contributed by atoms with van der Waals surface area (Å²) in [6.07, 6.45) is 4.59. The highest BCUT2D eigenvalue weighted by atomic mass is 16.2. The molecule has 8 nitrogen and oxygen atoms in total. The Labute approximate surface area is 88.8 Å². The summed E-state index contributed by atoms with van der Waals surface area (Å²) in [7, 11) is 0. The molecule has 0 radical (unpaired) electrons. The Morgan fingerprint density at radius 2 is 1.56 bits per heavy atom. The molecule has 16 heavy (non-hydrogen) atoms. The zero-order valence-electron chi connectivity index (χ0n) is 8.53. The quantitative estimate of drug-likeness (QED) is 0.482. The van der Waals surface area contributed by atoms with Crippen LogP contribution < -0.4 is 17.1 Å². The van der Waals surface area contributed by atoms with Crippen LogP contribution in [0, 0.1) is 0 Å². The molecule has 4 N–H and O–H groups in total. The second kappa shape index (κ2) is 5.49. The zero-order chi connectivity index (χ0) is 12.0. The van der Waals surface area contributed by atoms with Gasteiger partial charge in [-0.2, -0.15) is 0 Å². The van der Waals surface area contributed by atoms with E-state index in [2.05, 4.69) is 16.9 Å². The van der Waals surface area contributed by atoms with Crippen molar-refractivity contribution in [1.29, 1.82) is 0 Å². The van der Waals surface area contributed by atoms with Crippen molar-refractivity contribution < 1.29 is 0 Å². The molecule has 8 heteroatoms. The van der Waals surface area contributed by atoms with Crippen molar-refractivity contribution in [2.75, 3.05) is 0 Å². The first-order valence-corrected chi connectivity index (χ1v) is 4.53. The lowest BCUT2D eigenvalue weighted by Gasteiger charge is -1.79. The van der Waals surface area contributed by atoms with Gasteiger partial charge >= 0.3 is 17.1 Å². The summed E-state index contributed by atoms with van der Waals surface area (Å²) in [5, 5.41) is 0. The van der Waals surface area contributed by atoms with Gasteiger partial charge in [0.05, 0.1) is 0 Å². The molecule has 0 saturated carbocycles. The van der Waals surface area contributed by atoms with Crippen LogP contribution in [0.15, 0.2) is 26.8 Å². The summed E-state index contributed by atoms with van der Waals surface area (Å²) in [6, 6.07) is 0. The Hall–Kier alpha value is -2.38. The van der Waals surface area contributed by atoms with Gasteiger partial charge in [-0.05, 0) is 0 Å². The third-order valence-corrected chi connectivity index (χ3v) is 1.57. The van der Waals surface area contributed by atoms with Gasteiger partial charge in [0.25, 0.3) is 0 Å². The van der Waals surface area contributed by atoms with Crippen molar-refractivity contribution in [3.05, 3.63) is 49.7 Å². The monoisotopic (exact) mass is 225 g/mol. The van der Waals surface area contributed by atoms with E-state index in [1.807, 2.05) is 6.20 Å². The average Bonchev–Trinajstić information content (AvgIpc) is 2.68. The van der Waals surface area contributed by atoms with Crippen LogP contribution in [0.25, 0.3) is 0 Å². The number of nitrogens with one attached hydrogen (secondary N) is 4. The molecule has 0 spiro atoms. The highest BCUT2D eigenvalue weighted by Gasteiger charge is 1.85. The van der Waals surface area contributed by atoms with Gasteiger partial charge in [0.2, 0.25) is 0 Å². The minimum Gasteiger partial charge on any atom is -0.349 e. The lowest BCUT2D eigenvalue weighted by molar-refractivity contribution is 0.888. The maximum Gasteiger partial charge on any atom is 0.330 e. The molecule has 0 atom stereocenters. The van der Waals surface area contributed by atoms with Crippen molar-refractivity contribution in [3.8, 4) is 0 Å². The number of nitrogens with zero attached hydrogens (tertiary/aromatic N) is 1. The van der Waals surface area contributed by atoms with Crippen LogP contribution in [-0.4, -0.2) is 24.9 Å². The van der Waals surface area contributed by atoms with Gasteiger partial charge in [-0.25, -0.2) is 19.4 Å². The van der Waals surface area contributed by atoms with Gasteiger partial charge in [-0.3, -0.25) is 15.0 Å². The van der Waals surface area contributed by atoms with Gasteiger partial charge in [0.1, 0.15) is 5.82 Å². The van der Waals surface area contributed by atoms with Gasteiger partial charge in [-0.15, -0.1) is 0 Å². The van der Waals surface area contributed by atoms with E-state index in [-0.39, 0.29) is 0 Å². The maximum absolute atomic E-state index is 10.2. The van der Waals surface area contributed by atoms with Crippen LogP contribution >= 0.6 is 0 Å². The van der Waals surface area contributed by atoms with E-state index in [0.29, 0.717) is 0 Å². The fourth-order valence-corrected chi connectivity index (χ4v) is 0.894. The number of aryl methyl sites for hydroxylation is 1. The normalized spacial score (nSPS) is 9.31. The van der Waals surface area contributed by atoms with Crippen molar-refractivity contribution in [2.45, 2.75) is 13.3 Å². The predicted octanol–water partition coefficient (Wildman–Crippen LogP) is -1.28. The lowest BCUT2D eigenvalue weighted by atomic mass is 10.5. The predicted molar refractivity (Wildman–Crippen MR) is 56.3 cm³/mol. The van der Waals surface area contributed by atoms with Crippen molar-refractivity contribution >= 4 is 0 Å². The Bertz CT molecular complexity index is 498. The van der Waals surface area contributed by atoms with E-state index < -0.39 is 17.1 Å². The first-order chi connectivity index (χ1) is 7.61. The number of imidazole rings is 1. The molecule has 0 fully saturated rings. The molecule has 0 aliphatic heterocycles. The van der Waals surface area contributed by atoms with Crippen LogP contribution in [-0.2, 0) is 6.42 Å². The SMILES string of the molecule is CCc1ncc[nH]1.O=c1[nH]c(=O)[nH]c(=O)[nH]1. The highest BCUT2D eigenvalue weighted by molar-refractivity contribution is 4.84. The second-order valence-corrected chi connectivity index (χ2v) is 2.75. The summed E-state index contributed by atoms with van der Waals surface area (Å²) >= 11 is 0. The summed E-state index contributed by atoms with van der Waals surface area (Å²) in [6.45, 7) is 2.07. The Balaban J connectivity index is 0.000000165. The van der Waals surface area contributed by atoms with Crippen molar-refractivity contribution in [3.63, 3.8) is 0 Å². The number of hydrogen-bond acceptors (Lipinski definition) is 4. The average molecular weight is 225 g/mol. The third kappa shape index (κ3) is 3.78. The Kier molecular flexibility index (Phi) is 4.01. The molecule has 2 heterocycles. The minimum atomic E-state index is -0.802. The molecule has 2 aromatic heterocycles. The van der Waals surface area contributed by atoms with Crippen LogP contribution in [0.1, 0.15) is 12.7 Å². The zero-order valence-corrected chi connectivity index (χ0v) is 8.53. The molecule has 0 amide bonds. The minimum absolute atomic E-state index is 0.802. The standard InChI is InChI=1S/C5H8N2.C3H3N3O3/c1-2-5-6-3-4-7-5;7-1-4-2(8)6-3(9)5-1/h3-4H,2H2,1H3,(H,6,7);(H3,4,5,6,7,8,9). The topological polar surface area (TPSA) is 127 Å². The molecule has 2 rings (SSSR count). The van der Waals surface area contributed by atoms with E-state index >= 15 is 0 Å². The number of aromatic nitrogens is 5. The molecule has 0 aliphatic carbocycles. The summed E-state index contributed by atoms with van der Waals surface area (Å²) in [5.74, 6) is 1.06.